The van der Waals surface area contributed by atoms with E-state index in [4.69, 9.17) is 0 Å². The molecule has 1 aromatic heterocycles. The van der Waals surface area contributed by atoms with Gasteiger partial charge in [-0.05, 0) is 37.6 Å². The Labute approximate surface area is 119 Å². The van der Waals surface area contributed by atoms with Crippen LogP contribution < -0.4 is 5.32 Å². The molecule has 1 aliphatic rings. The number of benzene rings is 1. The van der Waals surface area contributed by atoms with Crippen molar-refractivity contribution in [2.24, 2.45) is 0 Å². The Hall–Kier alpha value is -1.94. The summed E-state index contributed by atoms with van der Waals surface area (Å²) in [6, 6.07) is 8.55. The fraction of sp³-hybridized carbons (Fsp3) is 0.375. The second-order valence-electron chi connectivity index (χ2n) is 5.24. The van der Waals surface area contributed by atoms with Crippen molar-refractivity contribution in [2.45, 2.75) is 25.9 Å². The van der Waals surface area contributed by atoms with Crippen molar-refractivity contribution >= 4 is 5.69 Å². The minimum Gasteiger partial charge on any atom is -0.381 e. The molecule has 0 saturated carbocycles. The average molecular weight is 268 g/mol. The van der Waals surface area contributed by atoms with Crippen molar-refractivity contribution in [2.75, 3.05) is 18.4 Å². The molecule has 20 heavy (non-hydrogen) atoms. The predicted octanol–water partition coefficient (Wildman–Crippen LogP) is 2.68. The standard InChI is InChI=1S/C16H20N4/c1-2-6-16(19-11-14-9-17-13-18-10-14)15(5-1)12-20-7-3-4-8-20/h1-2,5-6,9-10,13,19H,3-4,7-8,11-12H2. The van der Waals surface area contributed by atoms with E-state index in [0.29, 0.717) is 0 Å². The van der Waals surface area contributed by atoms with Crippen molar-refractivity contribution in [3.05, 3.63) is 54.1 Å². The minimum atomic E-state index is 0.762. The van der Waals surface area contributed by atoms with Gasteiger partial charge in [0, 0.05) is 36.7 Å². The highest BCUT2D eigenvalue weighted by molar-refractivity contribution is 5.51. The Morgan fingerprint density at radius 2 is 1.80 bits per heavy atom. The third-order valence-corrected chi connectivity index (χ3v) is 3.71. The van der Waals surface area contributed by atoms with Crippen LogP contribution in [-0.2, 0) is 13.1 Å². The number of hydrogen-bond acceptors (Lipinski definition) is 4. The molecule has 4 nitrogen and oxygen atoms in total. The Bertz CT molecular complexity index is 535. The predicted molar refractivity (Wildman–Crippen MR) is 80.3 cm³/mol. The lowest BCUT2D eigenvalue weighted by Crippen LogP contribution is -2.19. The Morgan fingerprint density at radius 3 is 2.60 bits per heavy atom. The van der Waals surface area contributed by atoms with Gasteiger partial charge in [-0.25, -0.2) is 9.97 Å². The Kier molecular flexibility index (Phi) is 4.23. The van der Waals surface area contributed by atoms with Crippen LogP contribution in [0.5, 0.6) is 0 Å². The molecule has 104 valence electrons. The van der Waals surface area contributed by atoms with Crippen LogP contribution in [0.15, 0.2) is 43.0 Å². The van der Waals surface area contributed by atoms with E-state index in [1.165, 1.54) is 37.2 Å². The van der Waals surface area contributed by atoms with Crippen molar-refractivity contribution in [1.29, 1.82) is 0 Å². The van der Waals surface area contributed by atoms with Gasteiger partial charge in [0.25, 0.3) is 0 Å². The SMILES string of the molecule is c1ccc(NCc2cncnc2)c(CN2CCCC2)c1. The third kappa shape index (κ3) is 3.33. The maximum atomic E-state index is 4.04. The first-order valence-corrected chi connectivity index (χ1v) is 7.20. The van der Waals surface area contributed by atoms with E-state index in [1.54, 1.807) is 6.33 Å². The van der Waals surface area contributed by atoms with E-state index in [2.05, 4.69) is 44.5 Å². The molecule has 3 rings (SSSR count). The van der Waals surface area contributed by atoms with Crippen LogP contribution >= 0.6 is 0 Å². The molecule has 2 heterocycles. The maximum Gasteiger partial charge on any atom is 0.115 e. The highest BCUT2D eigenvalue weighted by Gasteiger charge is 2.13. The van der Waals surface area contributed by atoms with Gasteiger partial charge in [0.1, 0.15) is 6.33 Å². The second-order valence-corrected chi connectivity index (χ2v) is 5.24. The lowest BCUT2D eigenvalue weighted by atomic mass is 10.1. The lowest BCUT2D eigenvalue weighted by molar-refractivity contribution is 0.332. The van der Waals surface area contributed by atoms with Gasteiger partial charge in [0.2, 0.25) is 0 Å². The monoisotopic (exact) mass is 268 g/mol. The van der Waals surface area contributed by atoms with Crippen LogP contribution in [0, 0.1) is 0 Å². The van der Waals surface area contributed by atoms with Gasteiger partial charge < -0.3 is 5.32 Å². The molecule has 0 radical (unpaired) electrons. The zero-order valence-electron chi connectivity index (χ0n) is 11.6. The van der Waals surface area contributed by atoms with E-state index in [9.17, 15) is 0 Å². The normalized spacial score (nSPS) is 15.4. The summed E-state index contributed by atoms with van der Waals surface area (Å²) in [6.45, 7) is 4.24. The van der Waals surface area contributed by atoms with E-state index in [1.807, 2.05) is 12.4 Å². The van der Waals surface area contributed by atoms with Crippen molar-refractivity contribution in [3.63, 3.8) is 0 Å². The van der Waals surface area contributed by atoms with Gasteiger partial charge in [-0.2, -0.15) is 0 Å². The molecule has 0 unspecified atom stereocenters. The van der Waals surface area contributed by atoms with E-state index < -0.39 is 0 Å². The number of para-hydroxylation sites is 1. The van der Waals surface area contributed by atoms with Gasteiger partial charge in [-0.3, -0.25) is 4.90 Å². The van der Waals surface area contributed by atoms with Crippen LogP contribution in [0.2, 0.25) is 0 Å². The largest absolute Gasteiger partial charge is 0.381 e. The molecule has 1 aliphatic heterocycles. The van der Waals surface area contributed by atoms with Crippen LogP contribution in [0.25, 0.3) is 0 Å². The molecular formula is C16H20N4. The van der Waals surface area contributed by atoms with Crippen molar-refractivity contribution < 1.29 is 0 Å². The number of nitrogens with zero attached hydrogens (tertiary/aromatic N) is 3. The topological polar surface area (TPSA) is 41.1 Å². The second kappa shape index (κ2) is 6.48. The summed E-state index contributed by atoms with van der Waals surface area (Å²) in [5.74, 6) is 0. The Morgan fingerprint density at radius 1 is 1.05 bits per heavy atom. The Balaban J connectivity index is 1.66. The summed E-state index contributed by atoms with van der Waals surface area (Å²) in [4.78, 5) is 10.6. The molecule has 4 heteroatoms. The number of hydrogen-bond donors (Lipinski definition) is 1. The number of anilines is 1. The molecule has 0 spiro atoms. The summed E-state index contributed by atoms with van der Waals surface area (Å²) in [5.41, 5.74) is 3.68. The highest BCUT2D eigenvalue weighted by atomic mass is 15.1. The number of likely N-dealkylation sites (tertiary alicyclic amines) is 1. The summed E-state index contributed by atoms with van der Waals surface area (Å²) in [5, 5.41) is 3.50. The zero-order chi connectivity index (χ0) is 13.6. The fourth-order valence-corrected chi connectivity index (χ4v) is 2.63. The zero-order valence-corrected chi connectivity index (χ0v) is 11.6. The summed E-state index contributed by atoms with van der Waals surface area (Å²) >= 11 is 0. The van der Waals surface area contributed by atoms with Crippen molar-refractivity contribution in [3.8, 4) is 0 Å². The third-order valence-electron chi connectivity index (χ3n) is 3.71. The van der Waals surface area contributed by atoms with Gasteiger partial charge >= 0.3 is 0 Å². The number of nitrogens with one attached hydrogen (secondary N) is 1. The summed E-state index contributed by atoms with van der Waals surface area (Å²) in [7, 11) is 0. The van der Waals surface area contributed by atoms with Crippen molar-refractivity contribution in [1.82, 2.24) is 14.9 Å². The number of aromatic nitrogens is 2. The van der Waals surface area contributed by atoms with Gasteiger partial charge in [-0.15, -0.1) is 0 Å². The first-order chi connectivity index (χ1) is 9.92. The first-order valence-electron chi connectivity index (χ1n) is 7.20. The summed E-state index contributed by atoms with van der Waals surface area (Å²) in [6.07, 6.45) is 7.92. The quantitative estimate of drug-likeness (QED) is 0.905. The van der Waals surface area contributed by atoms with Crippen LogP contribution in [0.4, 0.5) is 5.69 Å². The van der Waals surface area contributed by atoms with E-state index in [0.717, 1.165) is 18.7 Å². The van der Waals surface area contributed by atoms with E-state index >= 15 is 0 Å². The maximum absolute atomic E-state index is 4.04. The van der Waals surface area contributed by atoms with Crippen LogP contribution in [0.3, 0.4) is 0 Å². The van der Waals surface area contributed by atoms with E-state index in [-0.39, 0.29) is 0 Å². The summed E-state index contributed by atoms with van der Waals surface area (Å²) < 4.78 is 0. The average Bonchev–Trinajstić information content (AvgIpc) is 3.00. The molecule has 0 bridgehead atoms. The number of rotatable bonds is 5. The highest BCUT2D eigenvalue weighted by Crippen LogP contribution is 2.20. The molecular weight excluding hydrogens is 248 g/mol. The lowest BCUT2D eigenvalue weighted by Gasteiger charge is -2.18. The van der Waals surface area contributed by atoms with Gasteiger partial charge in [0.15, 0.2) is 0 Å². The fourth-order valence-electron chi connectivity index (χ4n) is 2.63. The molecule has 1 N–H and O–H groups in total. The van der Waals surface area contributed by atoms with Gasteiger partial charge in [0.05, 0.1) is 0 Å². The van der Waals surface area contributed by atoms with Crippen LogP contribution in [-0.4, -0.2) is 28.0 Å². The minimum absolute atomic E-state index is 0.762. The van der Waals surface area contributed by atoms with Crippen LogP contribution in [0.1, 0.15) is 24.0 Å². The van der Waals surface area contributed by atoms with Gasteiger partial charge in [-0.1, -0.05) is 18.2 Å². The molecule has 1 aromatic carbocycles. The molecule has 1 saturated heterocycles. The first kappa shape index (κ1) is 13.1. The molecule has 1 fully saturated rings. The molecule has 2 aromatic rings. The molecule has 0 amide bonds. The smallest absolute Gasteiger partial charge is 0.115 e. The molecule has 0 aliphatic carbocycles. The molecule has 0 atom stereocenters.